The summed E-state index contributed by atoms with van der Waals surface area (Å²) in [5.41, 5.74) is 6.54. The van der Waals surface area contributed by atoms with Gasteiger partial charge in [0.2, 0.25) is 11.8 Å². The van der Waals surface area contributed by atoms with Crippen LogP contribution in [0.3, 0.4) is 0 Å². The van der Waals surface area contributed by atoms with Gasteiger partial charge in [-0.15, -0.1) is 0 Å². The predicted octanol–water partition coefficient (Wildman–Crippen LogP) is 1.18. The van der Waals surface area contributed by atoms with Gasteiger partial charge in [0, 0.05) is 17.3 Å². The zero-order chi connectivity index (χ0) is 12.8. The minimum atomic E-state index is -0.246. The maximum Gasteiger partial charge on any atom is 0.238 e. The molecule has 0 bridgehead atoms. The van der Waals surface area contributed by atoms with Crippen molar-refractivity contribution in [1.82, 2.24) is 0 Å². The molecule has 4 N–H and O–H groups in total. The molecule has 0 saturated heterocycles. The number of amides is 2. The normalized spacial score (nSPS) is 10.1. The molecule has 0 atom stereocenters. The molecule has 1 rings (SSSR count). The van der Waals surface area contributed by atoms with Crippen molar-refractivity contribution >= 4 is 23.2 Å². The Hall–Kier alpha value is -1.88. The molecule has 0 saturated carbocycles. The number of nitrogens with one attached hydrogen (secondary N) is 2. The van der Waals surface area contributed by atoms with Crippen molar-refractivity contribution in [1.29, 1.82) is 0 Å². The molecule has 0 fully saturated rings. The third-order valence-electron chi connectivity index (χ3n) is 2.15. The lowest BCUT2D eigenvalue weighted by Gasteiger charge is -2.08. The molecule has 0 aromatic heterocycles. The molecule has 92 valence electrons. The smallest absolute Gasteiger partial charge is 0.238 e. The van der Waals surface area contributed by atoms with Gasteiger partial charge in [-0.1, -0.05) is 13.8 Å². The van der Waals surface area contributed by atoms with E-state index < -0.39 is 0 Å². The fraction of sp³-hybridized carbons (Fsp3) is 0.333. The zero-order valence-electron chi connectivity index (χ0n) is 9.99. The molecule has 1 aromatic carbocycles. The van der Waals surface area contributed by atoms with Crippen LogP contribution in [0.4, 0.5) is 11.4 Å². The first-order valence-corrected chi connectivity index (χ1v) is 5.43. The fourth-order valence-corrected chi connectivity index (χ4v) is 1.14. The molecule has 0 unspecified atom stereocenters. The Labute approximate surface area is 100 Å². The topological polar surface area (TPSA) is 84.2 Å². The molecule has 1 aromatic rings. The summed E-state index contributed by atoms with van der Waals surface area (Å²) in [6.07, 6.45) is 0. The average Bonchev–Trinajstić information content (AvgIpc) is 2.31. The standard InChI is InChI=1S/C12H17N3O2/c1-8(2)12(17)15-10-5-3-9(4-6-10)14-11(16)7-13/h3-6,8H,7,13H2,1-2H3,(H,14,16)(H,15,17). The average molecular weight is 235 g/mol. The van der Waals surface area contributed by atoms with E-state index in [1.165, 1.54) is 0 Å². The molecule has 0 radical (unpaired) electrons. The van der Waals surface area contributed by atoms with E-state index in [1.54, 1.807) is 24.3 Å². The number of hydrogen-bond donors (Lipinski definition) is 3. The van der Waals surface area contributed by atoms with Crippen molar-refractivity contribution in [2.24, 2.45) is 11.7 Å². The summed E-state index contributed by atoms with van der Waals surface area (Å²) >= 11 is 0. The van der Waals surface area contributed by atoms with Gasteiger partial charge in [0.1, 0.15) is 0 Å². The number of benzene rings is 1. The molecule has 0 aliphatic heterocycles. The van der Waals surface area contributed by atoms with Gasteiger partial charge in [0.05, 0.1) is 6.54 Å². The quantitative estimate of drug-likeness (QED) is 0.732. The van der Waals surface area contributed by atoms with E-state index in [1.807, 2.05) is 13.8 Å². The van der Waals surface area contributed by atoms with Crippen molar-refractivity contribution in [3.05, 3.63) is 24.3 Å². The van der Waals surface area contributed by atoms with E-state index in [0.717, 1.165) is 0 Å². The molecule has 2 amide bonds. The van der Waals surface area contributed by atoms with Gasteiger partial charge in [0.25, 0.3) is 0 Å². The van der Waals surface area contributed by atoms with Crippen LogP contribution in [0.2, 0.25) is 0 Å². The van der Waals surface area contributed by atoms with Gasteiger partial charge in [-0.2, -0.15) is 0 Å². The van der Waals surface area contributed by atoms with Crippen molar-refractivity contribution in [3.8, 4) is 0 Å². The number of hydrogen-bond acceptors (Lipinski definition) is 3. The number of carbonyl (C=O) groups is 2. The molecular weight excluding hydrogens is 218 g/mol. The summed E-state index contributed by atoms with van der Waals surface area (Å²) in [6, 6.07) is 6.88. The minimum Gasteiger partial charge on any atom is -0.326 e. The Bertz CT molecular complexity index is 399. The van der Waals surface area contributed by atoms with Crippen LogP contribution < -0.4 is 16.4 Å². The van der Waals surface area contributed by atoms with Crippen LogP contribution in [-0.4, -0.2) is 18.4 Å². The van der Waals surface area contributed by atoms with E-state index in [9.17, 15) is 9.59 Å². The van der Waals surface area contributed by atoms with Crippen molar-refractivity contribution in [3.63, 3.8) is 0 Å². The highest BCUT2D eigenvalue weighted by Crippen LogP contribution is 2.14. The van der Waals surface area contributed by atoms with Gasteiger partial charge >= 0.3 is 0 Å². The van der Waals surface area contributed by atoms with Gasteiger partial charge in [0.15, 0.2) is 0 Å². The largest absolute Gasteiger partial charge is 0.326 e. The second kappa shape index (κ2) is 6.00. The number of rotatable bonds is 4. The first-order chi connectivity index (χ1) is 8.02. The highest BCUT2D eigenvalue weighted by Gasteiger charge is 2.06. The van der Waals surface area contributed by atoms with Crippen LogP contribution in [0.15, 0.2) is 24.3 Å². The molecule has 0 heterocycles. The summed E-state index contributed by atoms with van der Waals surface area (Å²) < 4.78 is 0. The van der Waals surface area contributed by atoms with Crippen LogP contribution in [0, 0.1) is 5.92 Å². The van der Waals surface area contributed by atoms with Crippen LogP contribution in [0.1, 0.15) is 13.8 Å². The molecule has 0 spiro atoms. The van der Waals surface area contributed by atoms with Gasteiger partial charge in [-0.25, -0.2) is 0 Å². The summed E-state index contributed by atoms with van der Waals surface area (Å²) in [7, 11) is 0. The lowest BCUT2D eigenvalue weighted by molar-refractivity contribution is -0.119. The van der Waals surface area contributed by atoms with E-state index in [-0.39, 0.29) is 24.3 Å². The van der Waals surface area contributed by atoms with E-state index in [0.29, 0.717) is 11.4 Å². The van der Waals surface area contributed by atoms with Crippen molar-refractivity contribution in [2.45, 2.75) is 13.8 Å². The maximum atomic E-state index is 11.4. The molecule has 0 aliphatic rings. The zero-order valence-corrected chi connectivity index (χ0v) is 9.99. The number of anilines is 2. The Morgan fingerprint density at radius 2 is 1.59 bits per heavy atom. The van der Waals surface area contributed by atoms with Gasteiger partial charge in [-0.05, 0) is 24.3 Å². The highest BCUT2D eigenvalue weighted by molar-refractivity contribution is 5.94. The van der Waals surface area contributed by atoms with Crippen LogP contribution >= 0.6 is 0 Å². The number of carbonyl (C=O) groups excluding carboxylic acids is 2. The molecule has 5 heteroatoms. The van der Waals surface area contributed by atoms with Crippen molar-refractivity contribution < 1.29 is 9.59 Å². The lowest BCUT2D eigenvalue weighted by Crippen LogP contribution is -2.21. The molecule has 0 aliphatic carbocycles. The van der Waals surface area contributed by atoms with Crippen molar-refractivity contribution in [2.75, 3.05) is 17.2 Å². The highest BCUT2D eigenvalue weighted by atomic mass is 16.2. The summed E-state index contributed by atoms with van der Waals surface area (Å²) in [4.78, 5) is 22.5. The van der Waals surface area contributed by atoms with E-state index >= 15 is 0 Å². The van der Waals surface area contributed by atoms with Crippen LogP contribution in [0.5, 0.6) is 0 Å². The minimum absolute atomic E-state index is 0.0382. The SMILES string of the molecule is CC(C)C(=O)Nc1ccc(NC(=O)CN)cc1. The molecule has 5 nitrogen and oxygen atoms in total. The summed E-state index contributed by atoms with van der Waals surface area (Å²) in [6.45, 7) is 3.60. The first kappa shape index (κ1) is 13.2. The fourth-order valence-electron chi connectivity index (χ4n) is 1.14. The van der Waals surface area contributed by atoms with Crippen LogP contribution in [-0.2, 0) is 9.59 Å². The predicted molar refractivity (Wildman–Crippen MR) is 67.6 cm³/mol. The number of nitrogens with two attached hydrogens (primary N) is 1. The third kappa shape index (κ3) is 4.24. The summed E-state index contributed by atoms with van der Waals surface area (Å²) in [5.74, 6) is -0.348. The third-order valence-corrected chi connectivity index (χ3v) is 2.15. The summed E-state index contributed by atoms with van der Waals surface area (Å²) in [5, 5.41) is 5.38. The monoisotopic (exact) mass is 235 g/mol. The Morgan fingerprint density at radius 1 is 1.12 bits per heavy atom. The first-order valence-electron chi connectivity index (χ1n) is 5.43. The molecular formula is C12H17N3O2. The Kier molecular flexibility index (Phi) is 4.66. The second-order valence-corrected chi connectivity index (χ2v) is 3.97. The molecule has 17 heavy (non-hydrogen) atoms. The second-order valence-electron chi connectivity index (χ2n) is 3.97. The lowest BCUT2D eigenvalue weighted by atomic mass is 10.2. The Morgan fingerprint density at radius 3 is 2.00 bits per heavy atom. The Balaban J connectivity index is 2.62. The van der Waals surface area contributed by atoms with Gasteiger partial charge < -0.3 is 16.4 Å². The maximum absolute atomic E-state index is 11.4. The van der Waals surface area contributed by atoms with Crippen LogP contribution in [0.25, 0.3) is 0 Å². The van der Waals surface area contributed by atoms with E-state index in [2.05, 4.69) is 10.6 Å². The van der Waals surface area contributed by atoms with E-state index in [4.69, 9.17) is 5.73 Å². The van der Waals surface area contributed by atoms with Gasteiger partial charge in [-0.3, -0.25) is 9.59 Å².